The lowest BCUT2D eigenvalue weighted by Gasteiger charge is -2.23. The molecule has 0 fully saturated rings. The van der Waals surface area contributed by atoms with Crippen molar-refractivity contribution < 1.29 is 9.47 Å². The molecule has 3 nitrogen and oxygen atoms in total. The van der Waals surface area contributed by atoms with Crippen LogP contribution in [0.2, 0.25) is 0 Å². The van der Waals surface area contributed by atoms with Crippen LogP contribution in [0.15, 0.2) is 0 Å². The SMILES string of the molecule is CCCCC(CC)CC(COCCOC)NCC. The molecule has 0 aromatic rings. The van der Waals surface area contributed by atoms with Crippen molar-refractivity contribution in [1.82, 2.24) is 5.32 Å². The zero-order valence-corrected chi connectivity index (χ0v) is 12.8. The lowest BCUT2D eigenvalue weighted by molar-refractivity contribution is 0.0547. The van der Waals surface area contributed by atoms with E-state index in [1.807, 2.05) is 0 Å². The van der Waals surface area contributed by atoms with Gasteiger partial charge in [0, 0.05) is 13.2 Å². The van der Waals surface area contributed by atoms with Crippen LogP contribution in [0.4, 0.5) is 0 Å². The fraction of sp³-hybridized carbons (Fsp3) is 1.00. The highest BCUT2D eigenvalue weighted by molar-refractivity contribution is 4.71. The molecule has 0 aliphatic heterocycles. The Kier molecular flexibility index (Phi) is 13.2. The minimum atomic E-state index is 0.494. The van der Waals surface area contributed by atoms with E-state index < -0.39 is 0 Å². The molecule has 0 aromatic carbocycles. The van der Waals surface area contributed by atoms with Crippen LogP contribution in [0.25, 0.3) is 0 Å². The number of unbranched alkanes of at least 4 members (excludes halogenated alkanes) is 1. The summed E-state index contributed by atoms with van der Waals surface area (Å²) in [4.78, 5) is 0. The molecule has 0 aliphatic rings. The number of likely N-dealkylation sites (N-methyl/N-ethyl adjacent to an activating group) is 1. The fourth-order valence-electron chi connectivity index (χ4n) is 2.25. The predicted octanol–water partition coefficient (Wildman–Crippen LogP) is 3.23. The monoisotopic (exact) mass is 259 g/mol. The van der Waals surface area contributed by atoms with Gasteiger partial charge < -0.3 is 14.8 Å². The van der Waals surface area contributed by atoms with Crippen LogP contribution in [0.1, 0.15) is 52.9 Å². The van der Waals surface area contributed by atoms with E-state index in [9.17, 15) is 0 Å². The summed E-state index contributed by atoms with van der Waals surface area (Å²) in [5.74, 6) is 0.833. The second kappa shape index (κ2) is 13.3. The summed E-state index contributed by atoms with van der Waals surface area (Å²) < 4.78 is 10.6. The van der Waals surface area contributed by atoms with E-state index in [1.165, 1.54) is 32.1 Å². The molecule has 1 N–H and O–H groups in total. The highest BCUT2D eigenvalue weighted by Gasteiger charge is 2.14. The molecule has 2 atom stereocenters. The molecule has 0 radical (unpaired) electrons. The number of methoxy groups -OCH3 is 1. The van der Waals surface area contributed by atoms with Gasteiger partial charge in [0.1, 0.15) is 0 Å². The quantitative estimate of drug-likeness (QED) is 0.515. The van der Waals surface area contributed by atoms with Gasteiger partial charge in [-0.2, -0.15) is 0 Å². The molecule has 0 heterocycles. The van der Waals surface area contributed by atoms with Crippen LogP contribution in [0.3, 0.4) is 0 Å². The maximum absolute atomic E-state index is 5.65. The van der Waals surface area contributed by atoms with Gasteiger partial charge in [0.2, 0.25) is 0 Å². The molecular weight excluding hydrogens is 226 g/mol. The molecule has 0 amide bonds. The van der Waals surface area contributed by atoms with Crippen molar-refractivity contribution in [1.29, 1.82) is 0 Å². The third-order valence-electron chi connectivity index (χ3n) is 3.40. The maximum Gasteiger partial charge on any atom is 0.0701 e. The first-order valence-electron chi connectivity index (χ1n) is 7.58. The van der Waals surface area contributed by atoms with Crippen molar-refractivity contribution in [2.45, 2.75) is 58.9 Å². The number of ether oxygens (including phenoxy) is 2. The molecule has 110 valence electrons. The molecule has 0 aliphatic carbocycles. The van der Waals surface area contributed by atoms with Gasteiger partial charge in [-0.15, -0.1) is 0 Å². The van der Waals surface area contributed by atoms with Crippen LogP contribution in [-0.2, 0) is 9.47 Å². The van der Waals surface area contributed by atoms with Gasteiger partial charge >= 0.3 is 0 Å². The lowest BCUT2D eigenvalue weighted by Crippen LogP contribution is -2.35. The lowest BCUT2D eigenvalue weighted by atomic mass is 9.92. The topological polar surface area (TPSA) is 30.5 Å². The number of hydrogen-bond acceptors (Lipinski definition) is 3. The van der Waals surface area contributed by atoms with Crippen molar-refractivity contribution in [3.8, 4) is 0 Å². The van der Waals surface area contributed by atoms with E-state index in [1.54, 1.807) is 7.11 Å². The van der Waals surface area contributed by atoms with Crippen molar-refractivity contribution in [3.63, 3.8) is 0 Å². The molecular formula is C15H33NO2. The fourth-order valence-corrected chi connectivity index (χ4v) is 2.25. The summed E-state index contributed by atoms with van der Waals surface area (Å²) in [5.41, 5.74) is 0. The second-order valence-electron chi connectivity index (χ2n) is 4.97. The van der Waals surface area contributed by atoms with E-state index in [-0.39, 0.29) is 0 Å². The second-order valence-corrected chi connectivity index (χ2v) is 4.97. The van der Waals surface area contributed by atoms with Gasteiger partial charge in [-0.3, -0.25) is 0 Å². The number of nitrogens with one attached hydrogen (secondary N) is 1. The Labute approximate surface area is 114 Å². The van der Waals surface area contributed by atoms with Crippen LogP contribution >= 0.6 is 0 Å². The van der Waals surface area contributed by atoms with Crippen molar-refractivity contribution >= 4 is 0 Å². The molecule has 0 rings (SSSR count). The molecule has 0 saturated heterocycles. The van der Waals surface area contributed by atoms with E-state index in [4.69, 9.17) is 9.47 Å². The van der Waals surface area contributed by atoms with Crippen LogP contribution in [0, 0.1) is 5.92 Å². The Balaban J connectivity index is 3.89. The van der Waals surface area contributed by atoms with E-state index in [0.717, 1.165) is 19.1 Å². The Morgan fingerprint density at radius 3 is 2.44 bits per heavy atom. The summed E-state index contributed by atoms with van der Waals surface area (Å²) in [6.07, 6.45) is 6.51. The van der Waals surface area contributed by atoms with Gasteiger partial charge in [0.05, 0.1) is 19.8 Å². The first kappa shape index (κ1) is 17.9. The molecule has 0 saturated carbocycles. The van der Waals surface area contributed by atoms with Crippen LogP contribution < -0.4 is 5.32 Å². The summed E-state index contributed by atoms with van der Waals surface area (Å²) >= 11 is 0. The Morgan fingerprint density at radius 1 is 1.11 bits per heavy atom. The third kappa shape index (κ3) is 9.86. The summed E-state index contributed by atoms with van der Waals surface area (Å²) in [6.45, 7) is 9.94. The molecule has 0 bridgehead atoms. The molecule has 0 spiro atoms. The maximum atomic E-state index is 5.65. The minimum Gasteiger partial charge on any atom is -0.382 e. The standard InChI is InChI=1S/C15H33NO2/c1-5-8-9-14(6-2)12-15(16-7-3)13-18-11-10-17-4/h14-16H,5-13H2,1-4H3. The predicted molar refractivity (Wildman–Crippen MR) is 78.1 cm³/mol. The number of hydrogen-bond donors (Lipinski definition) is 1. The molecule has 18 heavy (non-hydrogen) atoms. The zero-order chi connectivity index (χ0) is 13.6. The zero-order valence-electron chi connectivity index (χ0n) is 12.8. The first-order chi connectivity index (χ1) is 8.78. The number of rotatable bonds is 13. The Bertz CT molecular complexity index is 165. The van der Waals surface area contributed by atoms with Gasteiger partial charge in [-0.1, -0.05) is 46.5 Å². The summed E-state index contributed by atoms with van der Waals surface area (Å²) in [7, 11) is 1.71. The third-order valence-corrected chi connectivity index (χ3v) is 3.40. The van der Waals surface area contributed by atoms with Gasteiger partial charge in [0.25, 0.3) is 0 Å². The molecule has 0 aromatic heterocycles. The smallest absolute Gasteiger partial charge is 0.0701 e. The summed E-state index contributed by atoms with van der Waals surface area (Å²) in [5, 5.41) is 3.53. The highest BCUT2D eigenvalue weighted by atomic mass is 16.5. The van der Waals surface area contributed by atoms with Gasteiger partial charge in [-0.25, -0.2) is 0 Å². The van der Waals surface area contributed by atoms with E-state index in [0.29, 0.717) is 19.3 Å². The largest absolute Gasteiger partial charge is 0.382 e. The summed E-state index contributed by atoms with van der Waals surface area (Å²) in [6, 6.07) is 0.494. The van der Waals surface area contributed by atoms with Crippen LogP contribution in [0.5, 0.6) is 0 Å². The van der Waals surface area contributed by atoms with Crippen molar-refractivity contribution in [2.24, 2.45) is 5.92 Å². The first-order valence-corrected chi connectivity index (χ1v) is 7.58. The molecule has 2 unspecified atom stereocenters. The average molecular weight is 259 g/mol. The Hall–Kier alpha value is -0.120. The van der Waals surface area contributed by atoms with Gasteiger partial charge in [0.15, 0.2) is 0 Å². The Morgan fingerprint density at radius 2 is 1.89 bits per heavy atom. The highest BCUT2D eigenvalue weighted by Crippen LogP contribution is 2.18. The normalized spacial score (nSPS) is 14.7. The van der Waals surface area contributed by atoms with Gasteiger partial charge in [-0.05, 0) is 18.9 Å². The van der Waals surface area contributed by atoms with Crippen LogP contribution in [-0.4, -0.2) is 39.5 Å². The van der Waals surface area contributed by atoms with Crippen molar-refractivity contribution in [3.05, 3.63) is 0 Å². The van der Waals surface area contributed by atoms with E-state index in [2.05, 4.69) is 26.1 Å². The van der Waals surface area contributed by atoms with Crippen molar-refractivity contribution in [2.75, 3.05) is 33.5 Å². The minimum absolute atomic E-state index is 0.494. The average Bonchev–Trinajstić information content (AvgIpc) is 2.39. The molecule has 3 heteroatoms. The van der Waals surface area contributed by atoms with E-state index >= 15 is 0 Å².